The second-order valence-electron chi connectivity index (χ2n) is 3.63. The second kappa shape index (κ2) is 6.49. The molecule has 1 nitrogen and oxygen atoms in total. The molecule has 0 rings (SSSR count). The summed E-state index contributed by atoms with van der Waals surface area (Å²) >= 11 is 0. The molecule has 0 bridgehead atoms. The number of allylic oxidation sites excluding steroid dienone is 2. The van der Waals surface area contributed by atoms with E-state index in [0.29, 0.717) is 6.42 Å². The Kier molecular flexibility index (Phi) is 6.07. The van der Waals surface area contributed by atoms with Gasteiger partial charge in [0, 0.05) is 0 Å². The van der Waals surface area contributed by atoms with E-state index in [1.807, 2.05) is 19.9 Å². The summed E-state index contributed by atoms with van der Waals surface area (Å²) in [5.41, 5.74) is 1.15. The lowest BCUT2D eigenvalue weighted by molar-refractivity contribution is -0.141. The van der Waals surface area contributed by atoms with Crippen molar-refractivity contribution < 1.29 is 13.2 Å². The highest BCUT2D eigenvalue weighted by Gasteiger charge is 2.31. The smallest absolute Gasteiger partial charge is 0.198 e. The van der Waals surface area contributed by atoms with Gasteiger partial charge >= 0.3 is 6.18 Å². The van der Waals surface area contributed by atoms with E-state index in [-0.39, 0.29) is 6.42 Å². The molecular weight excluding hydrogens is 203 g/mol. The highest BCUT2D eigenvalue weighted by atomic mass is 19.4. The lowest BCUT2D eigenvalue weighted by Crippen LogP contribution is -2.13. The molecule has 4 heteroatoms. The predicted molar refractivity (Wildman–Crippen MR) is 53.1 cm³/mol. The molecule has 0 aliphatic rings. The molecule has 1 atom stereocenters. The predicted octanol–water partition coefficient (Wildman–Crippen LogP) is 4.22. The topological polar surface area (TPSA) is 23.8 Å². The Bertz CT molecular complexity index is 248. The SMILES string of the molecule is CC/C(C)=C\CCC(C#N)CC(F)(F)F. The second-order valence-corrected chi connectivity index (χ2v) is 3.63. The van der Waals surface area contributed by atoms with Crippen LogP contribution in [0.15, 0.2) is 11.6 Å². The van der Waals surface area contributed by atoms with E-state index in [9.17, 15) is 13.2 Å². The number of alkyl halides is 3. The lowest BCUT2D eigenvalue weighted by atomic mass is 10.00. The fourth-order valence-corrected chi connectivity index (χ4v) is 1.17. The Morgan fingerprint density at radius 3 is 2.47 bits per heavy atom. The highest BCUT2D eigenvalue weighted by molar-refractivity contribution is 4.97. The first-order valence-electron chi connectivity index (χ1n) is 5.01. The van der Waals surface area contributed by atoms with Gasteiger partial charge in [-0.25, -0.2) is 0 Å². The quantitative estimate of drug-likeness (QED) is 0.635. The third-order valence-corrected chi connectivity index (χ3v) is 2.23. The number of halogens is 3. The first-order chi connectivity index (χ1) is 6.89. The van der Waals surface area contributed by atoms with Crippen LogP contribution in [0.3, 0.4) is 0 Å². The van der Waals surface area contributed by atoms with E-state index in [1.165, 1.54) is 0 Å². The maximum Gasteiger partial charge on any atom is 0.390 e. The molecule has 0 aliphatic carbocycles. The number of nitriles is 1. The number of hydrogen-bond acceptors (Lipinski definition) is 1. The van der Waals surface area contributed by atoms with E-state index in [0.717, 1.165) is 12.0 Å². The van der Waals surface area contributed by atoms with Crippen molar-refractivity contribution in [2.24, 2.45) is 5.92 Å². The maximum atomic E-state index is 12.0. The van der Waals surface area contributed by atoms with Gasteiger partial charge < -0.3 is 0 Å². The summed E-state index contributed by atoms with van der Waals surface area (Å²) in [5.74, 6) is -0.911. The van der Waals surface area contributed by atoms with E-state index < -0.39 is 18.5 Å². The molecule has 0 aromatic rings. The van der Waals surface area contributed by atoms with Crippen molar-refractivity contribution in [1.82, 2.24) is 0 Å². The van der Waals surface area contributed by atoms with Gasteiger partial charge in [-0.2, -0.15) is 18.4 Å². The molecule has 0 fully saturated rings. The molecule has 86 valence electrons. The van der Waals surface area contributed by atoms with E-state index >= 15 is 0 Å². The fourth-order valence-electron chi connectivity index (χ4n) is 1.17. The zero-order valence-electron chi connectivity index (χ0n) is 9.06. The minimum absolute atomic E-state index is 0.285. The number of nitrogens with zero attached hydrogens (tertiary/aromatic N) is 1. The first kappa shape index (κ1) is 14.0. The van der Waals surface area contributed by atoms with Crippen molar-refractivity contribution in [3.05, 3.63) is 11.6 Å². The van der Waals surface area contributed by atoms with Crippen molar-refractivity contribution in [1.29, 1.82) is 5.26 Å². The molecular formula is C11H16F3N. The van der Waals surface area contributed by atoms with Crippen LogP contribution in [-0.4, -0.2) is 6.18 Å². The van der Waals surface area contributed by atoms with Crippen LogP contribution in [0.4, 0.5) is 13.2 Å². The van der Waals surface area contributed by atoms with Gasteiger partial charge in [0.1, 0.15) is 0 Å². The van der Waals surface area contributed by atoms with Crippen molar-refractivity contribution in [3.8, 4) is 6.07 Å². The van der Waals surface area contributed by atoms with Crippen molar-refractivity contribution in [2.75, 3.05) is 0 Å². The average molecular weight is 219 g/mol. The normalized spacial score (nSPS) is 14.8. The largest absolute Gasteiger partial charge is 0.390 e. The van der Waals surface area contributed by atoms with Gasteiger partial charge in [-0.3, -0.25) is 0 Å². The van der Waals surface area contributed by atoms with Gasteiger partial charge in [-0.05, 0) is 26.2 Å². The Hall–Kier alpha value is -0.980. The molecule has 1 unspecified atom stereocenters. The van der Waals surface area contributed by atoms with Crippen LogP contribution >= 0.6 is 0 Å². The van der Waals surface area contributed by atoms with E-state index in [2.05, 4.69) is 0 Å². The lowest BCUT2D eigenvalue weighted by Gasteiger charge is -2.10. The van der Waals surface area contributed by atoms with Gasteiger partial charge in [0.05, 0.1) is 18.4 Å². The first-order valence-corrected chi connectivity index (χ1v) is 5.01. The Morgan fingerprint density at radius 1 is 1.47 bits per heavy atom. The minimum atomic E-state index is -4.23. The highest BCUT2D eigenvalue weighted by Crippen LogP contribution is 2.27. The van der Waals surface area contributed by atoms with Crippen molar-refractivity contribution in [2.45, 2.75) is 45.7 Å². The summed E-state index contributed by atoms with van der Waals surface area (Å²) in [6, 6.07) is 1.70. The molecule has 0 spiro atoms. The summed E-state index contributed by atoms with van der Waals surface area (Å²) < 4.78 is 35.9. The summed E-state index contributed by atoms with van der Waals surface area (Å²) in [6.45, 7) is 3.93. The summed E-state index contributed by atoms with van der Waals surface area (Å²) in [7, 11) is 0. The molecule has 0 aliphatic heterocycles. The molecule has 15 heavy (non-hydrogen) atoms. The van der Waals surface area contributed by atoms with Crippen LogP contribution in [0.2, 0.25) is 0 Å². The van der Waals surface area contributed by atoms with Crippen LogP contribution in [-0.2, 0) is 0 Å². The van der Waals surface area contributed by atoms with Gasteiger partial charge in [0.2, 0.25) is 0 Å². The Morgan fingerprint density at radius 2 is 2.07 bits per heavy atom. The van der Waals surface area contributed by atoms with Crippen LogP contribution in [0.1, 0.15) is 39.5 Å². The molecule has 0 N–H and O–H groups in total. The third kappa shape index (κ3) is 8.04. The molecule has 0 aromatic carbocycles. The minimum Gasteiger partial charge on any atom is -0.198 e. The monoisotopic (exact) mass is 219 g/mol. The van der Waals surface area contributed by atoms with Crippen LogP contribution in [0.5, 0.6) is 0 Å². The standard InChI is InChI=1S/C11H16F3N/c1-3-9(2)5-4-6-10(8-15)7-11(12,13)14/h5,10H,3-4,6-7H2,1-2H3/b9-5-. The van der Waals surface area contributed by atoms with Gasteiger partial charge in [-0.1, -0.05) is 18.6 Å². The molecule has 0 heterocycles. The summed E-state index contributed by atoms with van der Waals surface area (Å²) in [4.78, 5) is 0. The zero-order chi connectivity index (χ0) is 11.9. The molecule has 0 radical (unpaired) electrons. The maximum absolute atomic E-state index is 12.0. The van der Waals surface area contributed by atoms with Crippen molar-refractivity contribution in [3.63, 3.8) is 0 Å². The van der Waals surface area contributed by atoms with Gasteiger partial charge in [0.25, 0.3) is 0 Å². The van der Waals surface area contributed by atoms with Crippen LogP contribution < -0.4 is 0 Å². The number of hydrogen-bond donors (Lipinski definition) is 0. The van der Waals surface area contributed by atoms with Gasteiger partial charge in [-0.15, -0.1) is 0 Å². The van der Waals surface area contributed by atoms with Crippen LogP contribution in [0.25, 0.3) is 0 Å². The van der Waals surface area contributed by atoms with E-state index in [4.69, 9.17) is 5.26 Å². The molecule has 0 aromatic heterocycles. The third-order valence-electron chi connectivity index (χ3n) is 2.23. The zero-order valence-corrected chi connectivity index (χ0v) is 9.06. The summed E-state index contributed by atoms with van der Waals surface area (Å²) in [6.07, 6.45) is -1.59. The molecule has 0 saturated carbocycles. The molecule has 0 amide bonds. The van der Waals surface area contributed by atoms with Crippen LogP contribution in [0, 0.1) is 17.2 Å². The van der Waals surface area contributed by atoms with Crippen molar-refractivity contribution >= 4 is 0 Å². The Balaban J connectivity index is 3.98. The van der Waals surface area contributed by atoms with E-state index in [1.54, 1.807) is 6.07 Å². The average Bonchev–Trinajstić information content (AvgIpc) is 2.14. The Labute approximate surface area is 88.6 Å². The molecule has 0 saturated heterocycles. The van der Waals surface area contributed by atoms with Gasteiger partial charge in [0.15, 0.2) is 0 Å². The summed E-state index contributed by atoms with van der Waals surface area (Å²) in [5, 5.41) is 8.54. The fraction of sp³-hybridized carbons (Fsp3) is 0.727. The number of rotatable bonds is 5.